The summed E-state index contributed by atoms with van der Waals surface area (Å²) in [6, 6.07) is 22.7. The summed E-state index contributed by atoms with van der Waals surface area (Å²) in [6.45, 7) is 1.91. The summed E-state index contributed by atoms with van der Waals surface area (Å²) in [5, 5.41) is 8.05. The molecule has 0 saturated heterocycles. The van der Waals surface area contributed by atoms with E-state index in [0.29, 0.717) is 17.4 Å². The number of benzene rings is 3. The van der Waals surface area contributed by atoms with Gasteiger partial charge in [0.25, 0.3) is 5.89 Å². The molecule has 4 aromatic rings. The fraction of sp³-hybridized carbons (Fsp3) is 0.125. The van der Waals surface area contributed by atoms with Crippen LogP contribution in [-0.2, 0) is 16.1 Å². The Balaban J connectivity index is 1.36. The quantitative estimate of drug-likeness (QED) is 0.449. The highest BCUT2D eigenvalue weighted by molar-refractivity contribution is 5.85. The second-order valence-corrected chi connectivity index (χ2v) is 7.09. The van der Waals surface area contributed by atoms with Gasteiger partial charge >= 0.3 is 5.97 Å². The molecule has 148 valence electrons. The number of carbonyl (C=O) groups excluding carboxylic acids is 1. The SMILES string of the molecule is Cc1ccc(-c2nnc(COC(=O)C3c4ccccc4Oc4ccccc43)o2)cc1. The van der Waals surface area contributed by atoms with Gasteiger partial charge in [-0.05, 0) is 31.2 Å². The molecule has 0 saturated carbocycles. The molecule has 0 radical (unpaired) electrons. The van der Waals surface area contributed by atoms with Crippen LogP contribution in [0.25, 0.3) is 11.5 Å². The predicted molar refractivity (Wildman–Crippen MR) is 109 cm³/mol. The van der Waals surface area contributed by atoms with Crippen molar-refractivity contribution in [1.29, 1.82) is 0 Å². The van der Waals surface area contributed by atoms with E-state index in [4.69, 9.17) is 13.9 Å². The topological polar surface area (TPSA) is 74.5 Å². The number of nitrogens with zero attached hydrogens (tertiary/aromatic N) is 2. The van der Waals surface area contributed by atoms with Crippen molar-refractivity contribution >= 4 is 5.97 Å². The second-order valence-electron chi connectivity index (χ2n) is 7.09. The molecule has 1 aliphatic heterocycles. The maximum Gasteiger partial charge on any atom is 0.318 e. The number of ether oxygens (including phenoxy) is 2. The lowest BCUT2D eigenvalue weighted by Crippen LogP contribution is -2.21. The summed E-state index contributed by atoms with van der Waals surface area (Å²) in [6.07, 6.45) is 0. The van der Waals surface area contributed by atoms with E-state index < -0.39 is 11.9 Å². The number of para-hydroxylation sites is 2. The van der Waals surface area contributed by atoms with Crippen LogP contribution in [0.3, 0.4) is 0 Å². The van der Waals surface area contributed by atoms with Crippen molar-refractivity contribution in [3.8, 4) is 23.0 Å². The second kappa shape index (κ2) is 7.48. The van der Waals surface area contributed by atoms with Crippen molar-refractivity contribution in [1.82, 2.24) is 10.2 Å². The molecule has 0 atom stereocenters. The molecule has 0 unspecified atom stereocenters. The summed E-state index contributed by atoms with van der Waals surface area (Å²) in [5.41, 5.74) is 3.50. The molecule has 6 nitrogen and oxygen atoms in total. The Kier molecular flexibility index (Phi) is 4.52. The molecule has 5 rings (SSSR count). The van der Waals surface area contributed by atoms with Gasteiger partial charge in [0.05, 0.1) is 0 Å². The van der Waals surface area contributed by atoms with Gasteiger partial charge < -0.3 is 13.9 Å². The molecular formula is C24H18N2O4. The summed E-state index contributed by atoms with van der Waals surface area (Å²) in [7, 11) is 0. The van der Waals surface area contributed by atoms with Crippen LogP contribution in [0.4, 0.5) is 0 Å². The van der Waals surface area contributed by atoms with Gasteiger partial charge in [-0.3, -0.25) is 4.79 Å². The maximum atomic E-state index is 13.0. The van der Waals surface area contributed by atoms with Gasteiger partial charge in [0, 0.05) is 16.7 Å². The lowest BCUT2D eigenvalue weighted by Gasteiger charge is -2.26. The Bertz CT molecular complexity index is 1170. The number of carbonyl (C=O) groups is 1. The standard InChI is InChI=1S/C24H18N2O4/c1-15-10-12-16(13-11-15)23-26-25-21(30-23)14-28-24(27)22-17-6-2-4-8-19(17)29-20-9-5-3-7-18(20)22/h2-13,22H,14H2,1H3. The van der Waals surface area contributed by atoms with Crippen LogP contribution in [0.2, 0.25) is 0 Å². The summed E-state index contributed by atoms with van der Waals surface area (Å²) in [4.78, 5) is 13.0. The van der Waals surface area contributed by atoms with Crippen molar-refractivity contribution in [3.05, 3.63) is 95.4 Å². The van der Waals surface area contributed by atoms with Gasteiger partial charge in [0.1, 0.15) is 17.4 Å². The molecule has 1 aromatic heterocycles. The molecule has 3 aromatic carbocycles. The molecule has 0 N–H and O–H groups in total. The van der Waals surface area contributed by atoms with Crippen molar-refractivity contribution in [3.63, 3.8) is 0 Å². The van der Waals surface area contributed by atoms with Gasteiger partial charge in [0.15, 0.2) is 6.61 Å². The largest absolute Gasteiger partial charge is 0.457 e. The van der Waals surface area contributed by atoms with E-state index in [9.17, 15) is 4.79 Å². The minimum atomic E-state index is -0.578. The van der Waals surface area contributed by atoms with Crippen LogP contribution in [0.15, 0.2) is 77.2 Å². The molecular weight excluding hydrogens is 380 g/mol. The Labute approximate surface area is 173 Å². The Morgan fingerprint density at radius 2 is 1.53 bits per heavy atom. The third-order valence-corrected chi connectivity index (χ3v) is 5.02. The summed E-state index contributed by atoms with van der Waals surface area (Å²) < 4.78 is 17.2. The van der Waals surface area contributed by atoms with E-state index in [-0.39, 0.29) is 12.5 Å². The van der Waals surface area contributed by atoms with Crippen molar-refractivity contribution in [2.75, 3.05) is 0 Å². The van der Waals surface area contributed by atoms with Gasteiger partial charge in [0.2, 0.25) is 5.89 Å². The molecule has 0 spiro atoms. The molecule has 1 aliphatic rings. The third kappa shape index (κ3) is 3.33. The van der Waals surface area contributed by atoms with E-state index in [1.54, 1.807) is 0 Å². The predicted octanol–water partition coefficient (Wildman–Crippen LogP) is 5.03. The first kappa shape index (κ1) is 18.1. The zero-order valence-electron chi connectivity index (χ0n) is 16.2. The minimum absolute atomic E-state index is 0.0978. The lowest BCUT2D eigenvalue weighted by atomic mass is 9.88. The van der Waals surface area contributed by atoms with Crippen LogP contribution >= 0.6 is 0 Å². The summed E-state index contributed by atoms with van der Waals surface area (Å²) in [5.74, 6) is 0.962. The maximum absolute atomic E-state index is 13.0. The number of hydrogen-bond donors (Lipinski definition) is 0. The van der Waals surface area contributed by atoms with Gasteiger partial charge in [-0.25, -0.2) is 0 Å². The fourth-order valence-electron chi connectivity index (χ4n) is 3.50. The Morgan fingerprint density at radius 3 is 2.20 bits per heavy atom. The van der Waals surface area contributed by atoms with E-state index in [1.165, 1.54) is 0 Å². The number of aryl methyl sites for hydroxylation is 1. The number of aromatic nitrogens is 2. The van der Waals surface area contributed by atoms with Gasteiger partial charge in [-0.2, -0.15) is 0 Å². The Hall–Kier alpha value is -3.93. The molecule has 0 bridgehead atoms. The van der Waals surface area contributed by atoms with E-state index >= 15 is 0 Å². The number of fused-ring (bicyclic) bond motifs is 2. The number of esters is 1. The molecule has 30 heavy (non-hydrogen) atoms. The Morgan fingerprint density at radius 1 is 0.900 bits per heavy atom. The average molecular weight is 398 g/mol. The highest BCUT2D eigenvalue weighted by atomic mass is 16.5. The van der Waals surface area contributed by atoms with Crippen molar-refractivity contribution in [2.45, 2.75) is 19.4 Å². The highest BCUT2D eigenvalue weighted by Gasteiger charge is 2.33. The van der Waals surface area contributed by atoms with E-state index in [1.807, 2.05) is 79.7 Å². The van der Waals surface area contributed by atoms with E-state index in [0.717, 1.165) is 22.3 Å². The van der Waals surface area contributed by atoms with Gasteiger partial charge in [-0.1, -0.05) is 54.1 Å². The highest BCUT2D eigenvalue weighted by Crippen LogP contribution is 2.44. The fourth-order valence-corrected chi connectivity index (χ4v) is 3.50. The molecule has 0 amide bonds. The first-order valence-electron chi connectivity index (χ1n) is 9.61. The molecule has 0 aliphatic carbocycles. The zero-order valence-corrected chi connectivity index (χ0v) is 16.2. The number of hydrogen-bond acceptors (Lipinski definition) is 6. The van der Waals surface area contributed by atoms with Crippen LogP contribution in [0.5, 0.6) is 11.5 Å². The van der Waals surface area contributed by atoms with Crippen molar-refractivity contribution < 1.29 is 18.7 Å². The van der Waals surface area contributed by atoms with Gasteiger partial charge in [-0.15, -0.1) is 10.2 Å². The minimum Gasteiger partial charge on any atom is -0.457 e. The van der Waals surface area contributed by atoms with E-state index in [2.05, 4.69) is 10.2 Å². The van der Waals surface area contributed by atoms with Crippen LogP contribution in [0, 0.1) is 6.92 Å². The van der Waals surface area contributed by atoms with Crippen LogP contribution in [-0.4, -0.2) is 16.2 Å². The summed E-state index contributed by atoms with van der Waals surface area (Å²) >= 11 is 0. The first-order valence-corrected chi connectivity index (χ1v) is 9.61. The van der Waals surface area contributed by atoms with Crippen LogP contribution < -0.4 is 4.74 Å². The average Bonchev–Trinajstić information content (AvgIpc) is 3.25. The monoisotopic (exact) mass is 398 g/mol. The third-order valence-electron chi connectivity index (χ3n) is 5.02. The van der Waals surface area contributed by atoms with Crippen molar-refractivity contribution in [2.24, 2.45) is 0 Å². The number of rotatable bonds is 4. The van der Waals surface area contributed by atoms with Crippen LogP contribution in [0.1, 0.15) is 28.5 Å². The first-order chi connectivity index (χ1) is 14.7. The normalized spacial score (nSPS) is 12.6. The smallest absolute Gasteiger partial charge is 0.318 e. The molecule has 6 heteroatoms. The zero-order chi connectivity index (χ0) is 20.5. The lowest BCUT2D eigenvalue weighted by molar-refractivity contribution is -0.146. The molecule has 0 fully saturated rings. The molecule has 2 heterocycles.